The van der Waals surface area contributed by atoms with Crippen molar-refractivity contribution in [3.05, 3.63) is 65.5 Å². The van der Waals surface area contributed by atoms with Crippen molar-refractivity contribution in [2.24, 2.45) is 0 Å². The molecule has 23 heavy (non-hydrogen) atoms. The van der Waals surface area contributed by atoms with Crippen molar-refractivity contribution in [2.45, 2.75) is 16.8 Å². The summed E-state index contributed by atoms with van der Waals surface area (Å²) >= 11 is -0.230. The first-order valence-electron chi connectivity index (χ1n) is 6.72. The van der Waals surface area contributed by atoms with Crippen LogP contribution >= 0.6 is 11.8 Å². The normalized spacial score (nSPS) is 11.3. The summed E-state index contributed by atoms with van der Waals surface area (Å²) in [5, 5.41) is 2.64. The molecular weight excluding hydrogens is 330 g/mol. The number of hydrogen-bond acceptors (Lipinski definition) is 2. The van der Waals surface area contributed by atoms with E-state index in [1.54, 1.807) is 12.1 Å². The van der Waals surface area contributed by atoms with Gasteiger partial charge in [-0.05, 0) is 60.1 Å². The molecule has 0 atom stereocenters. The van der Waals surface area contributed by atoms with Gasteiger partial charge >= 0.3 is 5.51 Å². The van der Waals surface area contributed by atoms with Crippen molar-refractivity contribution < 1.29 is 22.4 Å². The summed E-state index contributed by atoms with van der Waals surface area (Å²) in [4.78, 5) is 11.9. The van der Waals surface area contributed by atoms with Crippen LogP contribution in [-0.2, 0) is 6.42 Å². The SMILES string of the molecule is O=C(NCCc1cccc(F)c1)c1ccc(SC(F)(F)F)cc1. The van der Waals surface area contributed by atoms with Gasteiger partial charge in [0.1, 0.15) is 5.82 Å². The van der Waals surface area contributed by atoms with Gasteiger partial charge in [-0.3, -0.25) is 4.79 Å². The summed E-state index contributed by atoms with van der Waals surface area (Å²) in [5.74, 6) is -0.725. The van der Waals surface area contributed by atoms with Crippen molar-refractivity contribution in [3.8, 4) is 0 Å². The third kappa shape index (κ3) is 5.94. The molecule has 2 aromatic rings. The Bertz CT molecular complexity index is 671. The lowest BCUT2D eigenvalue weighted by Crippen LogP contribution is -2.25. The molecule has 0 spiro atoms. The topological polar surface area (TPSA) is 29.1 Å². The highest BCUT2D eigenvalue weighted by molar-refractivity contribution is 8.00. The Kier molecular flexibility index (Phi) is 5.65. The maximum absolute atomic E-state index is 13.0. The molecule has 7 heteroatoms. The standard InChI is InChI=1S/C16H13F4NOS/c17-13-3-1-2-11(10-13)8-9-21-15(22)12-4-6-14(7-5-12)23-16(18,19)20/h1-7,10H,8-9H2,(H,21,22). The first kappa shape index (κ1) is 17.3. The molecule has 0 radical (unpaired) electrons. The van der Waals surface area contributed by atoms with E-state index >= 15 is 0 Å². The maximum atomic E-state index is 13.0. The number of rotatable bonds is 5. The fraction of sp³-hybridized carbons (Fsp3) is 0.188. The highest BCUT2D eigenvalue weighted by Gasteiger charge is 2.29. The van der Waals surface area contributed by atoms with Crippen molar-refractivity contribution in [1.82, 2.24) is 5.32 Å². The van der Waals surface area contributed by atoms with Crippen LogP contribution in [0.4, 0.5) is 17.6 Å². The van der Waals surface area contributed by atoms with E-state index in [0.29, 0.717) is 13.0 Å². The third-order valence-corrected chi connectivity index (χ3v) is 3.68. The summed E-state index contributed by atoms with van der Waals surface area (Å²) in [7, 11) is 0. The maximum Gasteiger partial charge on any atom is 0.446 e. The molecule has 1 N–H and O–H groups in total. The number of amides is 1. The Labute approximate surface area is 134 Å². The lowest BCUT2D eigenvalue weighted by molar-refractivity contribution is -0.0328. The number of nitrogens with one attached hydrogen (secondary N) is 1. The smallest absolute Gasteiger partial charge is 0.352 e. The third-order valence-electron chi connectivity index (χ3n) is 2.94. The molecule has 0 saturated carbocycles. The van der Waals surface area contributed by atoms with Crippen LogP contribution in [0.1, 0.15) is 15.9 Å². The first-order valence-corrected chi connectivity index (χ1v) is 7.53. The largest absolute Gasteiger partial charge is 0.446 e. The van der Waals surface area contributed by atoms with Gasteiger partial charge in [0, 0.05) is 17.0 Å². The lowest BCUT2D eigenvalue weighted by atomic mass is 10.1. The van der Waals surface area contributed by atoms with Crippen LogP contribution in [0.25, 0.3) is 0 Å². The highest BCUT2D eigenvalue weighted by atomic mass is 32.2. The molecule has 0 aliphatic carbocycles. The second kappa shape index (κ2) is 7.50. The number of hydrogen-bond donors (Lipinski definition) is 1. The molecule has 2 nitrogen and oxygen atoms in total. The van der Waals surface area contributed by atoms with Gasteiger partial charge in [-0.25, -0.2) is 4.39 Å². The van der Waals surface area contributed by atoms with Crippen molar-refractivity contribution in [2.75, 3.05) is 6.54 Å². The van der Waals surface area contributed by atoms with Gasteiger partial charge < -0.3 is 5.32 Å². The fourth-order valence-corrected chi connectivity index (χ4v) is 2.46. The van der Waals surface area contributed by atoms with Crippen molar-refractivity contribution in [1.29, 1.82) is 0 Å². The number of alkyl halides is 3. The first-order chi connectivity index (χ1) is 10.8. The molecular formula is C16H13F4NOS. The summed E-state index contributed by atoms with van der Waals surface area (Å²) in [6.07, 6.45) is 0.464. The predicted octanol–water partition coefficient (Wildman–Crippen LogP) is 4.41. The van der Waals surface area contributed by atoms with E-state index in [4.69, 9.17) is 0 Å². The average Bonchev–Trinajstić information content (AvgIpc) is 2.46. The minimum atomic E-state index is -4.35. The van der Waals surface area contributed by atoms with Crippen LogP contribution in [0, 0.1) is 5.82 Å². The molecule has 0 aliphatic rings. The molecule has 0 aliphatic heterocycles. The molecule has 1 amide bonds. The minimum absolute atomic E-state index is 0.0220. The number of carbonyl (C=O) groups is 1. The van der Waals surface area contributed by atoms with E-state index in [1.807, 2.05) is 0 Å². The summed E-state index contributed by atoms with van der Waals surface area (Å²) < 4.78 is 49.6. The van der Waals surface area contributed by atoms with Gasteiger partial charge in [-0.1, -0.05) is 12.1 Å². The minimum Gasteiger partial charge on any atom is -0.352 e. The quantitative estimate of drug-likeness (QED) is 0.644. The van der Waals surface area contributed by atoms with Crippen molar-refractivity contribution in [3.63, 3.8) is 0 Å². The molecule has 0 heterocycles. The highest BCUT2D eigenvalue weighted by Crippen LogP contribution is 2.36. The van der Waals surface area contributed by atoms with E-state index in [2.05, 4.69) is 5.32 Å². The molecule has 2 rings (SSSR count). The number of benzene rings is 2. The molecule has 0 unspecified atom stereocenters. The van der Waals surface area contributed by atoms with Gasteiger partial charge in [0.2, 0.25) is 0 Å². The molecule has 0 saturated heterocycles. The second-order valence-corrected chi connectivity index (χ2v) is 5.85. The van der Waals surface area contributed by atoms with Crippen molar-refractivity contribution >= 4 is 17.7 Å². The van der Waals surface area contributed by atoms with E-state index in [0.717, 1.165) is 5.56 Å². The van der Waals surface area contributed by atoms with Gasteiger partial charge in [0.05, 0.1) is 0 Å². The summed E-state index contributed by atoms with van der Waals surface area (Å²) in [6.45, 7) is 0.307. The van der Waals surface area contributed by atoms with E-state index < -0.39 is 5.51 Å². The lowest BCUT2D eigenvalue weighted by Gasteiger charge is -2.08. The van der Waals surface area contributed by atoms with Crippen LogP contribution in [-0.4, -0.2) is 18.0 Å². The monoisotopic (exact) mass is 343 g/mol. The molecule has 2 aromatic carbocycles. The van der Waals surface area contributed by atoms with E-state index in [9.17, 15) is 22.4 Å². The second-order valence-electron chi connectivity index (χ2n) is 4.71. The fourth-order valence-electron chi connectivity index (χ4n) is 1.92. The Morgan fingerprint density at radius 3 is 2.39 bits per heavy atom. The molecule has 0 bridgehead atoms. The zero-order valence-electron chi connectivity index (χ0n) is 11.9. The number of halogens is 4. The van der Waals surface area contributed by atoms with E-state index in [-0.39, 0.29) is 33.9 Å². The summed E-state index contributed by atoms with van der Waals surface area (Å²) in [6, 6.07) is 11.2. The molecule has 122 valence electrons. The van der Waals surface area contributed by atoms with Crippen LogP contribution in [0.2, 0.25) is 0 Å². The van der Waals surface area contributed by atoms with Gasteiger partial charge in [-0.15, -0.1) is 0 Å². The van der Waals surface area contributed by atoms with Crippen LogP contribution in [0.15, 0.2) is 53.4 Å². The van der Waals surface area contributed by atoms with Crippen LogP contribution in [0.5, 0.6) is 0 Å². The van der Waals surface area contributed by atoms with Gasteiger partial charge in [0.25, 0.3) is 5.91 Å². The Hall–Kier alpha value is -2.02. The predicted molar refractivity (Wildman–Crippen MR) is 80.8 cm³/mol. The van der Waals surface area contributed by atoms with Crippen LogP contribution < -0.4 is 5.32 Å². The number of carbonyl (C=O) groups excluding carboxylic acids is 1. The molecule has 0 fully saturated rings. The average molecular weight is 343 g/mol. The van der Waals surface area contributed by atoms with Gasteiger partial charge in [0.15, 0.2) is 0 Å². The molecule has 0 aromatic heterocycles. The zero-order chi connectivity index (χ0) is 16.9. The zero-order valence-corrected chi connectivity index (χ0v) is 12.7. The van der Waals surface area contributed by atoms with E-state index in [1.165, 1.54) is 36.4 Å². The summed E-state index contributed by atoms with van der Waals surface area (Å²) in [5.41, 5.74) is -3.33. The Balaban J connectivity index is 1.86. The van der Waals surface area contributed by atoms with Crippen LogP contribution in [0.3, 0.4) is 0 Å². The number of thioether (sulfide) groups is 1. The van der Waals surface area contributed by atoms with Gasteiger partial charge in [-0.2, -0.15) is 13.2 Å². The Morgan fingerprint density at radius 1 is 1.09 bits per heavy atom. The Morgan fingerprint density at radius 2 is 1.78 bits per heavy atom.